The smallest absolute Gasteiger partial charge is 0.0602 e. The lowest BCUT2D eigenvalue weighted by Crippen LogP contribution is -2.57. The maximum atomic E-state index is 9.75. The third-order valence-corrected chi connectivity index (χ3v) is 5.59. The van der Waals surface area contributed by atoms with E-state index in [0.717, 1.165) is 13.1 Å². The summed E-state index contributed by atoms with van der Waals surface area (Å²) in [6.45, 7) is 8.93. The molecule has 2 fully saturated rings. The van der Waals surface area contributed by atoms with Crippen LogP contribution in [0.1, 0.15) is 59.3 Å². The van der Waals surface area contributed by atoms with E-state index < -0.39 is 0 Å². The Bertz CT molecular complexity index is 282. The molecule has 1 heterocycles. The summed E-state index contributed by atoms with van der Waals surface area (Å²) < 4.78 is 0. The molecule has 19 heavy (non-hydrogen) atoms. The maximum Gasteiger partial charge on any atom is 0.0602 e. The van der Waals surface area contributed by atoms with Gasteiger partial charge in [-0.05, 0) is 49.6 Å². The van der Waals surface area contributed by atoms with Crippen LogP contribution < -0.4 is 5.73 Å². The SMILES string of the molecule is CC(C)(C)C(N)C(CO)N1CCC2(CCCC2)CC1. The lowest BCUT2D eigenvalue weighted by atomic mass is 9.75. The molecule has 1 aliphatic heterocycles. The van der Waals surface area contributed by atoms with Crippen molar-refractivity contribution in [3.05, 3.63) is 0 Å². The van der Waals surface area contributed by atoms with Gasteiger partial charge in [-0.25, -0.2) is 0 Å². The van der Waals surface area contributed by atoms with Crippen molar-refractivity contribution in [1.82, 2.24) is 4.90 Å². The molecule has 2 aliphatic rings. The number of nitrogens with zero attached hydrogens (tertiary/aromatic N) is 1. The Morgan fingerprint density at radius 2 is 1.63 bits per heavy atom. The van der Waals surface area contributed by atoms with Crippen molar-refractivity contribution in [2.24, 2.45) is 16.6 Å². The van der Waals surface area contributed by atoms with Crippen LogP contribution in [0.2, 0.25) is 0 Å². The molecule has 1 saturated carbocycles. The van der Waals surface area contributed by atoms with Gasteiger partial charge in [0.1, 0.15) is 0 Å². The number of rotatable bonds is 3. The number of nitrogens with two attached hydrogens (primary N) is 1. The van der Waals surface area contributed by atoms with Gasteiger partial charge in [0.15, 0.2) is 0 Å². The highest BCUT2D eigenvalue weighted by Gasteiger charge is 2.40. The zero-order chi connectivity index (χ0) is 14.1. The molecule has 3 nitrogen and oxygen atoms in total. The van der Waals surface area contributed by atoms with Crippen LogP contribution in [0.15, 0.2) is 0 Å². The van der Waals surface area contributed by atoms with Crippen LogP contribution in [0.25, 0.3) is 0 Å². The Morgan fingerprint density at radius 1 is 1.11 bits per heavy atom. The van der Waals surface area contributed by atoms with Crippen molar-refractivity contribution in [2.45, 2.75) is 71.4 Å². The fraction of sp³-hybridized carbons (Fsp3) is 1.00. The molecule has 0 aromatic rings. The lowest BCUT2D eigenvalue weighted by Gasteiger charge is -2.46. The summed E-state index contributed by atoms with van der Waals surface area (Å²) >= 11 is 0. The van der Waals surface area contributed by atoms with Crippen molar-refractivity contribution < 1.29 is 5.11 Å². The average molecular weight is 268 g/mol. The van der Waals surface area contributed by atoms with Crippen LogP contribution >= 0.6 is 0 Å². The topological polar surface area (TPSA) is 49.5 Å². The Hall–Kier alpha value is -0.120. The van der Waals surface area contributed by atoms with Crippen LogP contribution in [-0.2, 0) is 0 Å². The van der Waals surface area contributed by atoms with Gasteiger partial charge in [0, 0.05) is 12.1 Å². The largest absolute Gasteiger partial charge is 0.395 e. The number of aliphatic hydroxyl groups excluding tert-OH is 1. The van der Waals surface area contributed by atoms with Gasteiger partial charge in [-0.15, -0.1) is 0 Å². The van der Waals surface area contributed by atoms with E-state index in [0.29, 0.717) is 5.41 Å². The summed E-state index contributed by atoms with van der Waals surface area (Å²) in [6, 6.07) is 0.161. The highest BCUT2D eigenvalue weighted by Crippen LogP contribution is 2.46. The van der Waals surface area contributed by atoms with E-state index in [-0.39, 0.29) is 24.1 Å². The second kappa shape index (κ2) is 5.71. The van der Waals surface area contributed by atoms with E-state index in [1.807, 2.05) is 0 Å². The van der Waals surface area contributed by atoms with Crippen LogP contribution in [0, 0.1) is 10.8 Å². The minimum Gasteiger partial charge on any atom is -0.395 e. The van der Waals surface area contributed by atoms with Crippen molar-refractivity contribution in [3.8, 4) is 0 Å². The number of likely N-dealkylation sites (tertiary alicyclic amines) is 1. The Kier molecular flexibility index (Phi) is 4.59. The molecular formula is C16H32N2O. The molecule has 3 N–H and O–H groups in total. The van der Waals surface area contributed by atoms with Gasteiger partial charge in [-0.1, -0.05) is 33.6 Å². The zero-order valence-electron chi connectivity index (χ0n) is 13.0. The molecule has 0 aromatic heterocycles. The summed E-state index contributed by atoms with van der Waals surface area (Å²) in [5.41, 5.74) is 7.07. The standard InChI is InChI=1S/C16H32N2O/c1-15(2,3)14(17)13(12-19)18-10-8-16(9-11-18)6-4-5-7-16/h13-14,19H,4-12,17H2,1-3H3. The first-order valence-electron chi connectivity index (χ1n) is 7.98. The van der Waals surface area contributed by atoms with E-state index >= 15 is 0 Å². The van der Waals surface area contributed by atoms with E-state index in [1.165, 1.54) is 38.5 Å². The van der Waals surface area contributed by atoms with Crippen LogP contribution in [0.5, 0.6) is 0 Å². The predicted molar refractivity (Wildman–Crippen MR) is 80.0 cm³/mol. The minimum atomic E-state index is 0.0372. The predicted octanol–water partition coefficient (Wildman–Crippen LogP) is 2.38. The van der Waals surface area contributed by atoms with E-state index in [1.54, 1.807) is 0 Å². The van der Waals surface area contributed by atoms with Gasteiger partial charge in [0.25, 0.3) is 0 Å². The minimum absolute atomic E-state index is 0.0372. The number of hydrogen-bond acceptors (Lipinski definition) is 3. The Morgan fingerprint density at radius 3 is 2.05 bits per heavy atom. The Balaban J connectivity index is 1.95. The van der Waals surface area contributed by atoms with Gasteiger partial charge in [-0.2, -0.15) is 0 Å². The quantitative estimate of drug-likeness (QED) is 0.826. The molecule has 2 rings (SSSR count). The molecule has 112 valence electrons. The van der Waals surface area contributed by atoms with E-state index in [2.05, 4.69) is 25.7 Å². The molecule has 1 saturated heterocycles. The third-order valence-electron chi connectivity index (χ3n) is 5.59. The number of hydrogen-bond donors (Lipinski definition) is 2. The first-order valence-corrected chi connectivity index (χ1v) is 7.98. The van der Waals surface area contributed by atoms with Gasteiger partial charge in [-0.3, -0.25) is 4.90 Å². The summed E-state index contributed by atoms with van der Waals surface area (Å²) in [6.07, 6.45) is 8.31. The van der Waals surface area contributed by atoms with E-state index in [9.17, 15) is 5.11 Å². The molecule has 0 radical (unpaired) electrons. The molecule has 0 amide bonds. The second-order valence-corrected chi connectivity index (χ2v) is 7.88. The van der Waals surface area contributed by atoms with Crippen molar-refractivity contribution in [1.29, 1.82) is 0 Å². The van der Waals surface area contributed by atoms with Gasteiger partial charge >= 0.3 is 0 Å². The molecule has 1 spiro atoms. The van der Waals surface area contributed by atoms with Crippen LogP contribution in [-0.4, -0.2) is 41.8 Å². The molecular weight excluding hydrogens is 236 g/mol. The molecule has 0 bridgehead atoms. The fourth-order valence-corrected chi connectivity index (χ4v) is 3.99. The Labute approximate surface area is 118 Å². The maximum absolute atomic E-state index is 9.75. The van der Waals surface area contributed by atoms with Crippen molar-refractivity contribution in [2.75, 3.05) is 19.7 Å². The monoisotopic (exact) mass is 268 g/mol. The van der Waals surface area contributed by atoms with Gasteiger partial charge < -0.3 is 10.8 Å². The average Bonchev–Trinajstić information content (AvgIpc) is 2.80. The van der Waals surface area contributed by atoms with Crippen LogP contribution in [0.3, 0.4) is 0 Å². The van der Waals surface area contributed by atoms with Crippen molar-refractivity contribution in [3.63, 3.8) is 0 Å². The fourth-order valence-electron chi connectivity index (χ4n) is 3.99. The van der Waals surface area contributed by atoms with Gasteiger partial charge in [0.2, 0.25) is 0 Å². The molecule has 2 atom stereocenters. The summed E-state index contributed by atoms with van der Waals surface area (Å²) in [5.74, 6) is 0. The number of aliphatic hydroxyl groups is 1. The first kappa shape index (κ1) is 15.3. The van der Waals surface area contributed by atoms with E-state index in [4.69, 9.17) is 5.73 Å². The second-order valence-electron chi connectivity index (χ2n) is 7.88. The van der Waals surface area contributed by atoms with Crippen LogP contribution in [0.4, 0.5) is 0 Å². The molecule has 3 heteroatoms. The summed E-state index contributed by atoms with van der Waals surface area (Å²) in [4.78, 5) is 2.44. The third kappa shape index (κ3) is 3.32. The lowest BCUT2D eigenvalue weighted by molar-refractivity contribution is 0.0216. The molecule has 0 aromatic carbocycles. The highest BCUT2D eigenvalue weighted by molar-refractivity contribution is 4.95. The first-order chi connectivity index (χ1) is 8.88. The highest BCUT2D eigenvalue weighted by atomic mass is 16.3. The van der Waals surface area contributed by atoms with Crippen molar-refractivity contribution >= 4 is 0 Å². The summed E-state index contributed by atoms with van der Waals surface area (Å²) in [7, 11) is 0. The molecule has 2 unspecified atom stereocenters. The number of piperidine rings is 1. The zero-order valence-corrected chi connectivity index (χ0v) is 13.0. The molecule has 1 aliphatic carbocycles. The van der Waals surface area contributed by atoms with Gasteiger partial charge in [0.05, 0.1) is 6.61 Å². The summed E-state index contributed by atoms with van der Waals surface area (Å²) in [5, 5.41) is 9.75. The normalized spacial score (nSPS) is 27.6.